The van der Waals surface area contributed by atoms with E-state index in [2.05, 4.69) is 30.9 Å². The largest absolute Gasteiger partial charge is 0.490 e. The number of hydrogen-bond donors (Lipinski definition) is 2. The summed E-state index contributed by atoms with van der Waals surface area (Å²) in [7, 11) is 1.76. The van der Waals surface area contributed by atoms with Gasteiger partial charge in [-0.3, -0.25) is 9.88 Å². The van der Waals surface area contributed by atoms with Gasteiger partial charge in [0.25, 0.3) is 0 Å². The highest BCUT2D eigenvalue weighted by molar-refractivity contribution is 5.73. The molecule has 16 heteroatoms. The van der Waals surface area contributed by atoms with Crippen molar-refractivity contribution in [3.05, 3.63) is 41.5 Å². The van der Waals surface area contributed by atoms with Crippen molar-refractivity contribution in [2.75, 3.05) is 20.3 Å². The van der Waals surface area contributed by atoms with Gasteiger partial charge in [0.2, 0.25) is 0 Å². The van der Waals surface area contributed by atoms with Gasteiger partial charge in [0, 0.05) is 45.6 Å². The summed E-state index contributed by atoms with van der Waals surface area (Å²) in [5.41, 5.74) is 3.63. The summed E-state index contributed by atoms with van der Waals surface area (Å²) in [6.45, 7) is 3.56. The van der Waals surface area contributed by atoms with E-state index in [1.54, 1.807) is 7.11 Å². The van der Waals surface area contributed by atoms with Crippen molar-refractivity contribution in [2.24, 2.45) is 5.92 Å². The zero-order valence-corrected chi connectivity index (χ0v) is 19.5. The monoisotopic (exact) mass is 541 g/mol. The highest BCUT2D eigenvalue weighted by Crippen LogP contribution is 2.34. The van der Waals surface area contributed by atoms with E-state index in [1.165, 1.54) is 24.1 Å². The van der Waals surface area contributed by atoms with Crippen molar-refractivity contribution in [3.63, 3.8) is 0 Å². The minimum absolute atomic E-state index is 0.178. The zero-order valence-electron chi connectivity index (χ0n) is 19.5. The molecule has 2 aromatic rings. The lowest BCUT2D eigenvalue weighted by molar-refractivity contribution is -0.193. The Morgan fingerprint density at radius 1 is 1.11 bits per heavy atom. The number of ether oxygens (including phenoxy) is 1. The van der Waals surface area contributed by atoms with Gasteiger partial charge in [-0.2, -0.15) is 26.3 Å². The van der Waals surface area contributed by atoms with Crippen molar-refractivity contribution in [1.29, 1.82) is 0 Å². The predicted molar refractivity (Wildman–Crippen MR) is 113 cm³/mol. The number of aromatic nitrogens is 4. The number of carboxylic acid groups (broad SMARTS) is 2. The first-order valence-corrected chi connectivity index (χ1v) is 10.9. The number of aliphatic carboxylic acids is 2. The molecule has 0 aromatic carbocycles. The molecule has 0 amide bonds. The van der Waals surface area contributed by atoms with E-state index < -0.39 is 24.3 Å². The number of fused-ring (bicyclic) bond motifs is 1. The Bertz CT molecular complexity index is 1000. The fourth-order valence-corrected chi connectivity index (χ4v) is 3.39. The number of carbonyl (C=O) groups is 2. The van der Waals surface area contributed by atoms with Crippen LogP contribution in [-0.2, 0) is 33.8 Å². The lowest BCUT2D eigenvalue weighted by atomic mass is 10.0. The summed E-state index contributed by atoms with van der Waals surface area (Å²) in [6, 6.07) is 4.29. The number of rotatable bonds is 6. The molecule has 0 saturated heterocycles. The summed E-state index contributed by atoms with van der Waals surface area (Å²) in [5, 5.41) is 23.2. The van der Waals surface area contributed by atoms with Crippen LogP contribution in [0.4, 0.5) is 26.3 Å². The fourth-order valence-electron chi connectivity index (χ4n) is 3.39. The topological polar surface area (TPSA) is 131 Å². The smallest absolute Gasteiger partial charge is 0.475 e. The Labute approximate surface area is 206 Å². The van der Waals surface area contributed by atoms with Crippen LogP contribution >= 0.6 is 0 Å². The van der Waals surface area contributed by atoms with Gasteiger partial charge in [-0.1, -0.05) is 11.3 Å². The molecule has 1 atom stereocenters. The molecule has 2 aromatic heterocycles. The Morgan fingerprint density at radius 3 is 2.16 bits per heavy atom. The summed E-state index contributed by atoms with van der Waals surface area (Å²) in [5.74, 6) is -4.70. The Morgan fingerprint density at radius 2 is 1.70 bits per heavy atom. The highest BCUT2D eigenvalue weighted by atomic mass is 19.4. The first-order chi connectivity index (χ1) is 17.2. The molecule has 10 nitrogen and oxygen atoms in total. The van der Waals surface area contributed by atoms with Gasteiger partial charge >= 0.3 is 24.3 Å². The molecule has 0 radical (unpaired) electrons. The van der Waals surface area contributed by atoms with E-state index in [9.17, 15) is 26.3 Å². The van der Waals surface area contributed by atoms with Crippen LogP contribution in [0.3, 0.4) is 0 Å². The number of methoxy groups -OCH3 is 1. The average molecular weight is 541 g/mol. The maximum Gasteiger partial charge on any atom is 0.490 e. The third kappa shape index (κ3) is 9.60. The second kappa shape index (κ2) is 12.8. The standard InChI is InChI=1S/C17H23N5O.2C2HF3O2/c1-23-12-16-17-15(22(20-19-17)11-13-4-5-13)6-8-21(16)10-14-3-2-7-18-9-14;2*3-2(4,5)1(6)7/h2-3,7,9,13,16H,4-6,8,10-12H2,1H3;2*(H,6,7). The molecule has 206 valence electrons. The molecule has 0 spiro atoms. The molecular weight excluding hydrogens is 516 g/mol. The van der Waals surface area contributed by atoms with E-state index in [0.29, 0.717) is 6.61 Å². The average Bonchev–Trinajstić information content (AvgIpc) is 3.54. The summed E-state index contributed by atoms with van der Waals surface area (Å²) in [6.07, 6.45) is -2.74. The lowest BCUT2D eigenvalue weighted by Gasteiger charge is -2.34. The first-order valence-electron chi connectivity index (χ1n) is 10.9. The number of alkyl halides is 6. The first kappa shape index (κ1) is 30.0. The molecular formula is C21H25F6N5O5. The normalized spacial score (nSPS) is 17.5. The van der Waals surface area contributed by atoms with E-state index >= 15 is 0 Å². The number of pyridine rings is 1. The van der Waals surface area contributed by atoms with Gasteiger partial charge in [0.15, 0.2) is 0 Å². The van der Waals surface area contributed by atoms with E-state index in [0.717, 1.165) is 37.7 Å². The third-order valence-corrected chi connectivity index (χ3v) is 5.31. The van der Waals surface area contributed by atoms with Crippen LogP contribution in [0.25, 0.3) is 0 Å². The summed E-state index contributed by atoms with van der Waals surface area (Å²) >= 11 is 0. The van der Waals surface area contributed by atoms with Crippen LogP contribution in [0.1, 0.15) is 35.8 Å². The number of nitrogens with zero attached hydrogens (tertiary/aromatic N) is 5. The van der Waals surface area contributed by atoms with Gasteiger partial charge in [-0.15, -0.1) is 5.10 Å². The van der Waals surface area contributed by atoms with Gasteiger partial charge < -0.3 is 14.9 Å². The van der Waals surface area contributed by atoms with Crippen molar-refractivity contribution >= 4 is 11.9 Å². The fraction of sp³-hybridized carbons (Fsp3) is 0.571. The number of carboxylic acids is 2. The maximum absolute atomic E-state index is 10.6. The molecule has 1 saturated carbocycles. The van der Waals surface area contributed by atoms with E-state index in [4.69, 9.17) is 24.5 Å². The van der Waals surface area contributed by atoms with Crippen molar-refractivity contribution < 1.29 is 50.9 Å². The number of halogens is 6. The van der Waals surface area contributed by atoms with Crippen LogP contribution in [-0.4, -0.2) is 79.6 Å². The van der Waals surface area contributed by atoms with Gasteiger partial charge in [0.1, 0.15) is 5.69 Å². The molecule has 37 heavy (non-hydrogen) atoms. The van der Waals surface area contributed by atoms with Crippen molar-refractivity contribution in [2.45, 2.75) is 50.7 Å². The Balaban J connectivity index is 0.000000286. The van der Waals surface area contributed by atoms with Crippen LogP contribution in [0.2, 0.25) is 0 Å². The maximum atomic E-state index is 10.6. The Hall–Kier alpha value is -3.27. The van der Waals surface area contributed by atoms with Crippen molar-refractivity contribution in [3.8, 4) is 0 Å². The van der Waals surface area contributed by atoms with E-state index in [1.807, 2.05) is 18.5 Å². The molecule has 2 aliphatic rings. The molecule has 0 bridgehead atoms. The molecule has 1 aliphatic heterocycles. The molecule has 3 heterocycles. The minimum Gasteiger partial charge on any atom is -0.475 e. The number of hydrogen-bond acceptors (Lipinski definition) is 7. The molecule has 4 rings (SSSR count). The zero-order chi connectivity index (χ0) is 27.8. The molecule has 2 N–H and O–H groups in total. The third-order valence-electron chi connectivity index (χ3n) is 5.31. The SMILES string of the molecule is COCC1c2nnn(CC3CC3)c2CCN1Cc1cccnc1.O=C(O)C(F)(F)F.O=C(O)C(F)(F)F. The lowest BCUT2D eigenvalue weighted by Crippen LogP contribution is -2.38. The van der Waals surface area contributed by atoms with Crippen LogP contribution < -0.4 is 0 Å². The quantitative estimate of drug-likeness (QED) is 0.530. The molecule has 1 fully saturated rings. The van der Waals surface area contributed by atoms with Crippen LogP contribution in [0.5, 0.6) is 0 Å². The predicted octanol–water partition coefficient (Wildman–Crippen LogP) is 3.10. The van der Waals surface area contributed by atoms with Crippen LogP contribution in [0, 0.1) is 5.92 Å². The van der Waals surface area contributed by atoms with E-state index in [-0.39, 0.29) is 6.04 Å². The summed E-state index contributed by atoms with van der Waals surface area (Å²) in [4.78, 5) is 24.4. The van der Waals surface area contributed by atoms with Crippen LogP contribution in [0.15, 0.2) is 24.5 Å². The van der Waals surface area contributed by atoms with Gasteiger partial charge in [-0.05, 0) is 30.4 Å². The molecule has 1 aliphatic carbocycles. The second-order valence-corrected chi connectivity index (χ2v) is 8.21. The second-order valence-electron chi connectivity index (χ2n) is 8.21. The highest BCUT2D eigenvalue weighted by Gasteiger charge is 2.39. The van der Waals surface area contributed by atoms with Gasteiger partial charge in [-0.25, -0.2) is 14.3 Å². The summed E-state index contributed by atoms with van der Waals surface area (Å²) < 4.78 is 71.1. The minimum atomic E-state index is -5.08. The Kier molecular flexibility index (Phi) is 10.4. The molecule has 1 unspecified atom stereocenters. The van der Waals surface area contributed by atoms with Gasteiger partial charge in [0.05, 0.1) is 18.3 Å². The van der Waals surface area contributed by atoms with Crippen molar-refractivity contribution in [1.82, 2.24) is 24.9 Å².